The number of carbonyl (C=O) groups is 1. The highest BCUT2D eigenvalue weighted by atomic mass is 16.4. The zero-order chi connectivity index (χ0) is 12.3. The van der Waals surface area contributed by atoms with Crippen LogP contribution < -0.4 is 5.56 Å². The zero-order valence-corrected chi connectivity index (χ0v) is 9.09. The second-order valence-corrected chi connectivity index (χ2v) is 3.75. The molecular formula is C12H12N2O3. The van der Waals surface area contributed by atoms with Crippen LogP contribution in [0.15, 0.2) is 41.3 Å². The number of H-pyrrole nitrogens is 1. The number of nitrogens with one attached hydrogen (secondary N) is 1. The molecule has 2 N–H and O–H groups in total. The van der Waals surface area contributed by atoms with E-state index < -0.39 is 5.97 Å². The Bertz CT molecular complexity index is 569. The summed E-state index contributed by atoms with van der Waals surface area (Å²) in [6, 6.07) is 9.49. The lowest BCUT2D eigenvalue weighted by Crippen LogP contribution is -2.21. The summed E-state index contributed by atoms with van der Waals surface area (Å²) in [6.45, 7) is 0.416. The normalized spacial score (nSPS) is 10.4. The number of aromatic nitrogens is 2. The highest BCUT2D eigenvalue weighted by Crippen LogP contribution is 2.00. The first-order valence-electron chi connectivity index (χ1n) is 5.19. The Hall–Kier alpha value is -2.30. The number of aromatic amines is 1. The zero-order valence-electron chi connectivity index (χ0n) is 9.09. The average Bonchev–Trinajstić information content (AvgIpc) is 2.62. The third-order valence-electron chi connectivity index (χ3n) is 2.44. The summed E-state index contributed by atoms with van der Waals surface area (Å²) in [4.78, 5) is 22.3. The molecule has 5 heteroatoms. The first-order valence-corrected chi connectivity index (χ1v) is 5.19. The monoisotopic (exact) mass is 232 g/mol. The molecule has 0 fully saturated rings. The summed E-state index contributed by atoms with van der Waals surface area (Å²) in [7, 11) is 0. The number of aliphatic carboxylic acids is 1. The van der Waals surface area contributed by atoms with E-state index in [4.69, 9.17) is 5.11 Å². The second kappa shape index (κ2) is 4.69. The first-order chi connectivity index (χ1) is 8.16. The Balaban J connectivity index is 2.21. The maximum absolute atomic E-state index is 11.8. The number of rotatable bonds is 4. The van der Waals surface area contributed by atoms with E-state index in [1.165, 1.54) is 10.9 Å². The van der Waals surface area contributed by atoms with Crippen LogP contribution in [0.4, 0.5) is 0 Å². The summed E-state index contributed by atoms with van der Waals surface area (Å²) >= 11 is 0. The molecule has 0 aliphatic heterocycles. The van der Waals surface area contributed by atoms with Crippen molar-refractivity contribution >= 4 is 5.97 Å². The topological polar surface area (TPSA) is 75.1 Å². The molecule has 0 radical (unpaired) electrons. The van der Waals surface area contributed by atoms with Gasteiger partial charge in [0.15, 0.2) is 0 Å². The van der Waals surface area contributed by atoms with E-state index in [0.29, 0.717) is 6.54 Å². The molecule has 5 nitrogen and oxygen atoms in total. The molecule has 0 amide bonds. The molecule has 1 aromatic carbocycles. The van der Waals surface area contributed by atoms with Crippen LogP contribution >= 0.6 is 0 Å². The van der Waals surface area contributed by atoms with Crippen molar-refractivity contribution in [2.45, 2.75) is 13.0 Å². The maximum Gasteiger partial charge on any atom is 0.308 e. The fraction of sp³-hybridized carbons (Fsp3) is 0.167. The molecule has 1 aromatic heterocycles. The Kier molecular flexibility index (Phi) is 3.09. The van der Waals surface area contributed by atoms with Crippen molar-refractivity contribution in [2.75, 3.05) is 0 Å². The Morgan fingerprint density at radius 2 is 2.00 bits per heavy atom. The predicted molar refractivity (Wildman–Crippen MR) is 61.9 cm³/mol. The highest BCUT2D eigenvalue weighted by molar-refractivity contribution is 5.69. The Morgan fingerprint density at radius 3 is 2.65 bits per heavy atom. The maximum atomic E-state index is 11.8. The van der Waals surface area contributed by atoms with Crippen molar-refractivity contribution in [1.29, 1.82) is 0 Å². The lowest BCUT2D eigenvalue weighted by atomic mass is 10.2. The van der Waals surface area contributed by atoms with E-state index in [9.17, 15) is 9.59 Å². The molecule has 0 aliphatic carbocycles. The number of carboxylic acids is 1. The van der Waals surface area contributed by atoms with Gasteiger partial charge in [-0.1, -0.05) is 30.3 Å². The van der Waals surface area contributed by atoms with Gasteiger partial charge in [-0.15, -0.1) is 0 Å². The van der Waals surface area contributed by atoms with Crippen LogP contribution in [-0.2, 0) is 17.8 Å². The Labute approximate surface area is 97.3 Å². The Morgan fingerprint density at radius 1 is 1.29 bits per heavy atom. The number of nitrogens with zero attached hydrogens (tertiary/aromatic N) is 1. The predicted octanol–water partition coefficient (Wildman–Crippen LogP) is 0.852. The second-order valence-electron chi connectivity index (χ2n) is 3.75. The van der Waals surface area contributed by atoms with E-state index in [-0.39, 0.29) is 17.5 Å². The fourth-order valence-corrected chi connectivity index (χ4v) is 1.62. The van der Waals surface area contributed by atoms with Crippen LogP contribution in [0.3, 0.4) is 0 Å². The minimum atomic E-state index is -1.01. The molecule has 2 rings (SSSR count). The summed E-state index contributed by atoms with van der Waals surface area (Å²) in [5.74, 6) is -1.01. The molecule has 0 bridgehead atoms. The number of hydrogen-bond donors (Lipinski definition) is 2. The number of hydrogen-bond acceptors (Lipinski definition) is 2. The lowest BCUT2D eigenvalue weighted by Gasteiger charge is -2.00. The number of carboxylic acid groups (broad SMARTS) is 1. The van der Waals surface area contributed by atoms with Crippen LogP contribution in [0, 0.1) is 0 Å². The van der Waals surface area contributed by atoms with Gasteiger partial charge in [0.05, 0.1) is 13.0 Å². The molecule has 88 valence electrons. The number of benzene rings is 1. The van der Waals surface area contributed by atoms with Crippen LogP contribution in [0.1, 0.15) is 11.1 Å². The quantitative estimate of drug-likeness (QED) is 0.820. The molecule has 17 heavy (non-hydrogen) atoms. The van der Waals surface area contributed by atoms with Crippen LogP contribution in [0.5, 0.6) is 0 Å². The van der Waals surface area contributed by atoms with Crippen molar-refractivity contribution in [3.63, 3.8) is 0 Å². The average molecular weight is 232 g/mol. The van der Waals surface area contributed by atoms with Gasteiger partial charge in [0, 0.05) is 11.8 Å². The third-order valence-corrected chi connectivity index (χ3v) is 2.44. The van der Waals surface area contributed by atoms with Crippen molar-refractivity contribution in [1.82, 2.24) is 9.78 Å². The van der Waals surface area contributed by atoms with Crippen LogP contribution in [-0.4, -0.2) is 20.9 Å². The molecule has 0 unspecified atom stereocenters. The van der Waals surface area contributed by atoms with Crippen molar-refractivity contribution in [2.24, 2.45) is 0 Å². The van der Waals surface area contributed by atoms with E-state index in [0.717, 1.165) is 5.56 Å². The van der Waals surface area contributed by atoms with Gasteiger partial charge >= 0.3 is 5.97 Å². The third kappa shape index (κ3) is 2.63. The molecule has 0 atom stereocenters. The van der Waals surface area contributed by atoms with Gasteiger partial charge in [-0.05, 0) is 5.56 Å². The van der Waals surface area contributed by atoms with Gasteiger partial charge < -0.3 is 10.2 Å². The highest BCUT2D eigenvalue weighted by Gasteiger charge is 2.09. The fourth-order valence-electron chi connectivity index (χ4n) is 1.62. The van der Waals surface area contributed by atoms with E-state index in [2.05, 4.69) is 5.10 Å². The molecule has 0 saturated carbocycles. The summed E-state index contributed by atoms with van der Waals surface area (Å²) < 4.78 is 1.40. The molecule has 0 saturated heterocycles. The van der Waals surface area contributed by atoms with Crippen molar-refractivity contribution in [3.8, 4) is 0 Å². The summed E-state index contributed by atoms with van der Waals surface area (Å²) in [6.07, 6.45) is 1.19. The molecular weight excluding hydrogens is 220 g/mol. The molecule has 0 aliphatic rings. The molecule has 0 spiro atoms. The van der Waals surface area contributed by atoms with Gasteiger partial charge in [0.2, 0.25) is 0 Å². The minimum Gasteiger partial charge on any atom is -0.481 e. The van der Waals surface area contributed by atoms with E-state index >= 15 is 0 Å². The summed E-state index contributed by atoms with van der Waals surface area (Å²) in [5, 5.41) is 11.4. The smallest absolute Gasteiger partial charge is 0.308 e. The van der Waals surface area contributed by atoms with Gasteiger partial charge in [0.25, 0.3) is 5.56 Å². The lowest BCUT2D eigenvalue weighted by molar-refractivity contribution is -0.136. The van der Waals surface area contributed by atoms with Gasteiger partial charge in [0.1, 0.15) is 0 Å². The SMILES string of the molecule is O=C(O)Cc1c[nH]n(Cc2ccccc2)c1=O. The van der Waals surface area contributed by atoms with Crippen LogP contribution in [0.2, 0.25) is 0 Å². The van der Waals surface area contributed by atoms with Gasteiger partial charge in [-0.3, -0.25) is 9.59 Å². The minimum absolute atomic E-state index is 0.253. The van der Waals surface area contributed by atoms with E-state index in [1.54, 1.807) is 0 Å². The first kappa shape index (κ1) is 11.2. The molecule has 2 aromatic rings. The van der Waals surface area contributed by atoms with E-state index in [1.807, 2.05) is 30.3 Å². The van der Waals surface area contributed by atoms with Crippen LogP contribution in [0.25, 0.3) is 0 Å². The molecule has 1 heterocycles. The standard InChI is InChI=1S/C12H12N2O3/c15-11(16)6-10-7-13-14(12(10)17)8-9-4-2-1-3-5-9/h1-5,7,13H,6,8H2,(H,15,16). The van der Waals surface area contributed by atoms with Crippen molar-refractivity contribution < 1.29 is 9.90 Å². The van der Waals surface area contributed by atoms with Gasteiger partial charge in [-0.25, -0.2) is 4.68 Å². The largest absolute Gasteiger partial charge is 0.481 e. The van der Waals surface area contributed by atoms with Gasteiger partial charge in [-0.2, -0.15) is 0 Å². The van der Waals surface area contributed by atoms with Crippen molar-refractivity contribution in [3.05, 3.63) is 58.0 Å². The summed E-state index contributed by atoms with van der Waals surface area (Å²) in [5.41, 5.74) is 0.975.